The largest absolute Gasteiger partial charge is 0.384 e. The third-order valence-electron chi connectivity index (χ3n) is 2.14. The van der Waals surface area contributed by atoms with E-state index in [9.17, 15) is 5.11 Å². The standard InChI is InChI=1S/C11H7BrCl2OS/c12-7-3-1-2-6(4-7)10(15)8-5-9(13)16-11(8)14/h1-5,10,15H. The summed E-state index contributed by atoms with van der Waals surface area (Å²) in [5.74, 6) is 0. The summed E-state index contributed by atoms with van der Waals surface area (Å²) in [5.41, 5.74) is 1.43. The van der Waals surface area contributed by atoms with E-state index >= 15 is 0 Å². The Morgan fingerprint density at radius 2 is 2.00 bits per heavy atom. The summed E-state index contributed by atoms with van der Waals surface area (Å²) >= 11 is 16.4. The first-order valence-corrected chi connectivity index (χ1v) is 6.82. The zero-order chi connectivity index (χ0) is 11.7. The average Bonchev–Trinajstić information content (AvgIpc) is 2.57. The van der Waals surface area contributed by atoms with Crippen molar-refractivity contribution >= 4 is 50.5 Å². The molecule has 1 heterocycles. The van der Waals surface area contributed by atoms with Crippen molar-refractivity contribution in [2.75, 3.05) is 0 Å². The molecule has 0 fully saturated rings. The van der Waals surface area contributed by atoms with Gasteiger partial charge in [0, 0.05) is 10.0 Å². The minimum atomic E-state index is -0.742. The van der Waals surface area contributed by atoms with Crippen LogP contribution in [0.25, 0.3) is 0 Å². The van der Waals surface area contributed by atoms with Crippen molar-refractivity contribution in [2.24, 2.45) is 0 Å². The highest BCUT2D eigenvalue weighted by atomic mass is 79.9. The summed E-state index contributed by atoms with van der Waals surface area (Å²) in [4.78, 5) is 0. The predicted molar refractivity (Wildman–Crippen MR) is 72.5 cm³/mol. The van der Waals surface area contributed by atoms with E-state index in [1.807, 2.05) is 24.3 Å². The van der Waals surface area contributed by atoms with Crippen LogP contribution in [-0.4, -0.2) is 5.11 Å². The van der Waals surface area contributed by atoms with E-state index in [0.29, 0.717) is 14.2 Å². The monoisotopic (exact) mass is 336 g/mol. The molecule has 0 spiro atoms. The Morgan fingerprint density at radius 3 is 2.56 bits per heavy atom. The molecule has 0 amide bonds. The molecule has 5 heteroatoms. The molecule has 16 heavy (non-hydrogen) atoms. The van der Waals surface area contributed by atoms with Gasteiger partial charge in [-0.2, -0.15) is 0 Å². The van der Waals surface area contributed by atoms with E-state index in [0.717, 1.165) is 10.0 Å². The second-order valence-electron chi connectivity index (χ2n) is 3.24. The number of rotatable bonds is 2. The van der Waals surface area contributed by atoms with E-state index in [1.54, 1.807) is 6.07 Å². The number of aliphatic hydroxyl groups excluding tert-OH is 1. The summed E-state index contributed by atoms with van der Waals surface area (Å²) in [6.45, 7) is 0. The lowest BCUT2D eigenvalue weighted by Gasteiger charge is -2.10. The molecule has 1 unspecified atom stereocenters. The first-order chi connectivity index (χ1) is 7.58. The maximum absolute atomic E-state index is 10.2. The zero-order valence-corrected chi connectivity index (χ0v) is 11.9. The van der Waals surface area contributed by atoms with Crippen LogP contribution in [0.1, 0.15) is 17.2 Å². The second-order valence-corrected chi connectivity index (χ2v) is 6.44. The van der Waals surface area contributed by atoms with Gasteiger partial charge in [-0.1, -0.05) is 51.3 Å². The van der Waals surface area contributed by atoms with Gasteiger partial charge in [0.05, 0.1) is 4.34 Å². The molecule has 0 aliphatic rings. The van der Waals surface area contributed by atoms with Gasteiger partial charge in [-0.05, 0) is 23.8 Å². The topological polar surface area (TPSA) is 20.2 Å². The molecule has 0 saturated carbocycles. The molecule has 0 aliphatic heterocycles. The highest BCUT2D eigenvalue weighted by molar-refractivity contribution is 9.10. The van der Waals surface area contributed by atoms with Gasteiger partial charge in [-0.25, -0.2) is 0 Å². The van der Waals surface area contributed by atoms with Gasteiger partial charge < -0.3 is 5.11 Å². The molecule has 1 aromatic carbocycles. The van der Waals surface area contributed by atoms with Crippen molar-refractivity contribution in [3.05, 3.63) is 54.6 Å². The van der Waals surface area contributed by atoms with Crippen molar-refractivity contribution in [3.63, 3.8) is 0 Å². The molecule has 84 valence electrons. The minimum absolute atomic E-state index is 0.525. The fourth-order valence-corrected chi connectivity index (χ4v) is 3.33. The maximum Gasteiger partial charge on any atom is 0.106 e. The Bertz CT molecular complexity index is 512. The third-order valence-corrected chi connectivity index (χ3v) is 4.15. The predicted octanol–water partition coefficient (Wildman–Crippen LogP) is 4.90. The lowest BCUT2D eigenvalue weighted by Crippen LogP contribution is -1.98. The van der Waals surface area contributed by atoms with Crippen molar-refractivity contribution < 1.29 is 5.11 Å². The first kappa shape index (κ1) is 12.4. The van der Waals surface area contributed by atoms with E-state index in [-0.39, 0.29) is 0 Å². The van der Waals surface area contributed by atoms with Crippen LogP contribution in [-0.2, 0) is 0 Å². The SMILES string of the molecule is OC(c1cccc(Br)c1)c1cc(Cl)sc1Cl. The Morgan fingerprint density at radius 1 is 1.25 bits per heavy atom. The average molecular weight is 338 g/mol. The molecule has 2 rings (SSSR count). The Kier molecular flexibility index (Phi) is 3.93. The van der Waals surface area contributed by atoms with Gasteiger partial charge in [-0.3, -0.25) is 0 Å². The van der Waals surface area contributed by atoms with E-state index in [2.05, 4.69) is 15.9 Å². The van der Waals surface area contributed by atoms with Crippen LogP contribution in [0.3, 0.4) is 0 Å². The molecule has 0 saturated heterocycles. The summed E-state index contributed by atoms with van der Waals surface area (Å²) in [5, 5.41) is 10.2. The summed E-state index contributed by atoms with van der Waals surface area (Å²) in [6.07, 6.45) is -0.742. The number of aliphatic hydroxyl groups is 1. The van der Waals surface area contributed by atoms with Crippen LogP contribution in [0, 0.1) is 0 Å². The summed E-state index contributed by atoms with van der Waals surface area (Å²) in [7, 11) is 0. The Balaban J connectivity index is 2.38. The molecule has 1 nitrogen and oxygen atoms in total. The molecule has 0 radical (unpaired) electrons. The Labute approximate surface area is 116 Å². The van der Waals surface area contributed by atoms with Gasteiger partial charge in [0.15, 0.2) is 0 Å². The van der Waals surface area contributed by atoms with Gasteiger partial charge in [0.2, 0.25) is 0 Å². The van der Waals surface area contributed by atoms with Gasteiger partial charge in [0.1, 0.15) is 10.4 Å². The molecular formula is C11H7BrCl2OS. The van der Waals surface area contributed by atoms with E-state index in [1.165, 1.54) is 11.3 Å². The number of benzene rings is 1. The van der Waals surface area contributed by atoms with E-state index in [4.69, 9.17) is 23.2 Å². The van der Waals surface area contributed by atoms with Crippen LogP contribution in [0.5, 0.6) is 0 Å². The highest BCUT2D eigenvalue weighted by Crippen LogP contribution is 2.37. The highest BCUT2D eigenvalue weighted by Gasteiger charge is 2.16. The van der Waals surface area contributed by atoms with Crippen LogP contribution < -0.4 is 0 Å². The zero-order valence-electron chi connectivity index (χ0n) is 7.95. The summed E-state index contributed by atoms with van der Waals surface area (Å²) < 4.78 is 2.02. The van der Waals surface area contributed by atoms with Gasteiger partial charge in [0.25, 0.3) is 0 Å². The second kappa shape index (κ2) is 5.07. The third kappa shape index (κ3) is 2.60. The van der Waals surface area contributed by atoms with Crippen molar-refractivity contribution in [2.45, 2.75) is 6.10 Å². The lowest BCUT2D eigenvalue weighted by atomic mass is 10.0. The van der Waals surface area contributed by atoms with Crippen molar-refractivity contribution in [3.8, 4) is 0 Å². The van der Waals surface area contributed by atoms with Crippen LogP contribution in [0.2, 0.25) is 8.67 Å². The fraction of sp³-hybridized carbons (Fsp3) is 0.0909. The lowest BCUT2D eigenvalue weighted by molar-refractivity contribution is 0.221. The van der Waals surface area contributed by atoms with Crippen LogP contribution in [0.4, 0.5) is 0 Å². The molecule has 1 N–H and O–H groups in total. The molecule has 0 bridgehead atoms. The fourth-order valence-electron chi connectivity index (χ4n) is 1.40. The number of thiophene rings is 1. The first-order valence-electron chi connectivity index (χ1n) is 4.46. The molecule has 2 aromatic rings. The van der Waals surface area contributed by atoms with Gasteiger partial charge in [-0.15, -0.1) is 11.3 Å². The van der Waals surface area contributed by atoms with E-state index < -0.39 is 6.10 Å². The smallest absolute Gasteiger partial charge is 0.106 e. The van der Waals surface area contributed by atoms with Crippen molar-refractivity contribution in [1.82, 2.24) is 0 Å². The number of halogens is 3. The number of hydrogen-bond donors (Lipinski definition) is 1. The summed E-state index contributed by atoms with van der Waals surface area (Å²) in [6, 6.07) is 9.16. The molecule has 0 aliphatic carbocycles. The molecule has 1 atom stereocenters. The quantitative estimate of drug-likeness (QED) is 0.826. The number of hydrogen-bond acceptors (Lipinski definition) is 2. The molecular weight excluding hydrogens is 331 g/mol. The van der Waals surface area contributed by atoms with Crippen LogP contribution >= 0.6 is 50.5 Å². The Hall–Kier alpha value is -0.0600. The molecule has 1 aromatic heterocycles. The maximum atomic E-state index is 10.2. The van der Waals surface area contributed by atoms with Crippen molar-refractivity contribution in [1.29, 1.82) is 0 Å². The van der Waals surface area contributed by atoms with Crippen LogP contribution in [0.15, 0.2) is 34.8 Å². The minimum Gasteiger partial charge on any atom is -0.384 e. The normalized spacial score (nSPS) is 12.8. The van der Waals surface area contributed by atoms with Gasteiger partial charge >= 0.3 is 0 Å².